The molecule has 4 heteroatoms. The molecule has 0 aliphatic rings. The minimum atomic E-state index is -0.629. The average Bonchev–Trinajstić information content (AvgIpc) is 2.28. The molecule has 4 nitrogen and oxygen atoms in total. The van der Waals surface area contributed by atoms with Crippen LogP contribution in [-0.4, -0.2) is 26.6 Å². The Balaban J connectivity index is 2.73. The van der Waals surface area contributed by atoms with Gasteiger partial charge in [0.1, 0.15) is 12.4 Å². The summed E-state index contributed by atoms with van der Waals surface area (Å²) in [5.41, 5.74) is 6.51. The first-order chi connectivity index (χ1) is 7.19. The second-order valence-electron chi connectivity index (χ2n) is 3.15. The van der Waals surface area contributed by atoms with Gasteiger partial charge in [-0.1, -0.05) is 12.1 Å². The van der Waals surface area contributed by atoms with Crippen molar-refractivity contribution in [2.45, 2.75) is 6.04 Å². The van der Waals surface area contributed by atoms with E-state index in [2.05, 4.69) is 0 Å². The second kappa shape index (κ2) is 5.48. The van der Waals surface area contributed by atoms with Gasteiger partial charge in [0.15, 0.2) is 5.78 Å². The van der Waals surface area contributed by atoms with Gasteiger partial charge in [0.25, 0.3) is 0 Å². The number of nitrogens with two attached hydrogens (primary N) is 1. The van der Waals surface area contributed by atoms with Crippen LogP contribution in [0.1, 0.15) is 11.6 Å². The Morgan fingerprint density at radius 2 is 1.93 bits per heavy atom. The van der Waals surface area contributed by atoms with Crippen LogP contribution in [0.25, 0.3) is 0 Å². The van der Waals surface area contributed by atoms with E-state index in [4.69, 9.17) is 15.2 Å². The zero-order valence-electron chi connectivity index (χ0n) is 8.90. The van der Waals surface area contributed by atoms with Crippen molar-refractivity contribution in [1.82, 2.24) is 0 Å². The summed E-state index contributed by atoms with van der Waals surface area (Å²) < 4.78 is 9.74. The van der Waals surface area contributed by atoms with E-state index in [0.29, 0.717) is 0 Å². The number of Topliss-reactive ketones (excluding diaryl/α,β-unsaturated/α-hetero) is 1. The maximum Gasteiger partial charge on any atom is 0.179 e. The maximum atomic E-state index is 11.4. The molecule has 0 bridgehead atoms. The summed E-state index contributed by atoms with van der Waals surface area (Å²) in [5, 5.41) is 0. The molecule has 0 aromatic heterocycles. The minimum Gasteiger partial charge on any atom is -0.497 e. The number of benzene rings is 1. The second-order valence-corrected chi connectivity index (χ2v) is 3.15. The minimum absolute atomic E-state index is 0.0349. The van der Waals surface area contributed by atoms with Gasteiger partial charge in [0.05, 0.1) is 13.2 Å². The Morgan fingerprint density at radius 1 is 1.33 bits per heavy atom. The molecule has 1 aromatic carbocycles. The molecule has 1 rings (SSSR count). The predicted molar refractivity (Wildman–Crippen MR) is 56.8 cm³/mol. The summed E-state index contributed by atoms with van der Waals surface area (Å²) in [7, 11) is 3.06. The summed E-state index contributed by atoms with van der Waals surface area (Å²) in [6.07, 6.45) is 0. The quantitative estimate of drug-likeness (QED) is 0.783. The lowest BCUT2D eigenvalue weighted by Crippen LogP contribution is -2.24. The van der Waals surface area contributed by atoms with Crippen LogP contribution in [0.15, 0.2) is 24.3 Å². The molecule has 0 aliphatic heterocycles. The molecule has 15 heavy (non-hydrogen) atoms. The normalized spacial score (nSPS) is 12.2. The van der Waals surface area contributed by atoms with Crippen molar-refractivity contribution in [1.29, 1.82) is 0 Å². The van der Waals surface area contributed by atoms with Gasteiger partial charge in [-0.2, -0.15) is 0 Å². The third-order valence-electron chi connectivity index (χ3n) is 2.11. The Hall–Kier alpha value is -1.39. The predicted octanol–water partition coefficient (Wildman–Crippen LogP) is 0.910. The fraction of sp³-hybridized carbons (Fsp3) is 0.364. The number of carbonyl (C=O) groups is 1. The number of ketones is 1. The van der Waals surface area contributed by atoms with Gasteiger partial charge in [-0.3, -0.25) is 4.79 Å². The van der Waals surface area contributed by atoms with Crippen molar-refractivity contribution in [3.8, 4) is 5.75 Å². The summed E-state index contributed by atoms with van der Waals surface area (Å²) in [6.45, 7) is 0.0349. The highest BCUT2D eigenvalue weighted by molar-refractivity contribution is 5.86. The SMILES string of the molecule is COCC(=O)C(N)c1ccc(OC)cc1. The topological polar surface area (TPSA) is 61.5 Å². The van der Waals surface area contributed by atoms with Gasteiger partial charge in [-0.15, -0.1) is 0 Å². The summed E-state index contributed by atoms with van der Waals surface area (Å²) in [5.74, 6) is 0.604. The van der Waals surface area contributed by atoms with Crippen molar-refractivity contribution in [2.24, 2.45) is 5.73 Å². The lowest BCUT2D eigenvalue weighted by Gasteiger charge is -2.10. The average molecular weight is 209 g/mol. The Morgan fingerprint density at radius 3 is 2.40 bits per heavy atom. The fourth-order valence-corrected chi connectivity index (χ4v) is 1.23. The van der Waals surface area contributed by atoms with Crippen LogP contribution in [-0.2, 0) is 9.53 Å². The van der Waals surface area contributed by atoms with Crippen molar-refractivity contribution in [3.05, 3.63) is 29.8 Å². The van der Waals surface area contributed by atoms with E-state index in [-0.39, 0.29) is 12.4 Å². The molecule has 1 unspecified atom stereocenters. The van der Waals surface area contributed by atoms with Crippen LogP contribution < -0.4 is 10.5 Å². The highest BCUT2D eigenvalue weighted by Gasteiger charge is 2.14. The summed E-state index contributed by atoms with van der Waals surface area (Å²) >= 11 is 0. The van der Waals surface area contributed by atoms with E-state index < -0.39 is 6.04 Å². The molecule has 82 valence electrons. The van der Waals surface area contributed by atoms with Crippen LogP contribution in [0.3, 0.4) is 0 Å². The molecule has 0 aliphatic carbocycles. The molecule has 0 heterocycles. The fourth-order valence-electron chi connectivity index (χ4n) is 1.23. The molecular formula is C11H15NO3. The van der Waals surface area contributed by atoms with Gasteiger partial charge in [0, 0.05) is 7.11 Å². The van der Waals surface area contributed by atoms with Crippen LogP contribution in [0.2, 0.25) is 0 Å². The molecule has 1 aromatic rings. The van der Waals surface area contributed by atoms with Crippen molar-refractivity contribution < 1.29 is 14.3 Å². The van der Waals surface area contributed by atoms with Crippen LogP contribution in [0.4, 0.5) is 0 Å². The standard InChI is InChI=1S/C11H15NO3/c1-14-7-10(13)11(12)8-3-5-9(15-2)6-4-8/h3-6,11H,7,12H2,1-2H3. The molecular weight excluding hydrogens is 194 g/mol. The number of rotatable bonds is 5. The molecule has 0 radical (unpaired) electrons. The number of methoxy groups -OCH3 is 2. The van der Waals surface area contributed by atoms with E-state index in [9.17, 15) is 4.79 Å². The van der Waals surface area contributed by atoms with Gasteiger partial charge in [-0.25, -0.2) is 0 Å². The maximum absolute atomic E-state index is 11.4. The number of hydrogen-bond acceptors (Lipinski definition) is 4. The largest absolute Gasteiger partial charge is 0.497 e. The Bertz CT molecular complexity index is 321. The number of carbonyl (C=O) groups excluding carboxylic acids is 1. The molecule has 0 fully saturated rings. The molecule has 2 N–H and O–H groups in total. The van der Waals surface area contributed by atoms with Gasteiger partial charge in [-0.05, 0) is 17.7 Å². The smallest absolute Gasteiger partial charge is 0.179 e. The molecule has 0 amide bonds. The van der Waals surface area contributed by atoms with Crippen molar-refractivity contribution >= 4 is 5.78 Å². The van der Waals surface area contributed by atoms with E-state index in [0.717, 1.165) is 11.3 Å². The Labute approximate surface area is 89.0 Å². The summed E-state index contributed by atoms with van der Waals surface area (Å²) in [4.78, 5) is 11.4. The number of hydrogen-bond donors (Lipinski definition) is 1. The van der Waals surface area contributed by atoms with Gasteiger partial charge < -0.3 is 15.2 Å². The number of ether oxygens (including phenoxy) is 2. The van der Waals surface area contributed by atoms with Gasteiger partial charge >= 0.3 is 0 Å². The first-order valence-corrected chi connectivity index (χ1v) is 4.60. The molecule has 0 saturated carbocycles. The monoisotopic (exact) mass is 209 g/mol. The molecule has 0 spiro atoms. The molecule has 1 atom stereocenters. The summed E-state index contributed by atoms with van der Waals surface area (Å²) in [6, 6.07) is 6.47. The van der Waals surface area contributed by atoms with E-state index in [1.165, 1.54) is 7.11 Å². The van der Waals surface area contributed by atoms with Crippen LogP contribution in [0.5, 0.6) is 5.75 Å². The first kappa shape index (κ1) is 11.7. The van der Waals surface area contributed by atoms with Crippen molar-refractivity contribution in [3.63, 3.8) is 0 Å². The zero-order valence-corrected chi connectivity index (χ0v) is 8.90. The third-order valence-corrected chi connectivity index (χ3v) is 2.11. The van der Waals surface area contributed by atoms with E-state index >= 15 is 0 Å². The molecule has 0 saturated heterocycles. The lowest BCUT2D eigenvalue weighted by molar-refractivity contribution is -0.124. The Kier molecular flexibility index (Phi) is 4.27. The van der Waals surface area contributed by atoms with E-state index in [1.54, 1.807) is 31.4 Å². The highest BCUT2D eigenvalue weighted by Crippen LogP contribution is 2.16. The van der Waals surface area contributed by atoms with Crippen molar-refractivity contribution in [2.75, 3.05) is 20.8 Å². The van der Waals surface area contributed by atoms with Crippen LogP contribution in [0, 0.1) is 0 Å². The zero-order chi connectivity index (χ0) is 11.3. The first-order valence-electron chi connectivity index (χ1n) is 4.60. The van der Waals surface area contributed by atoms with Gasteiger partial charge in [0.2, 0.25) is 0 Å². The highest BCUT2D eigenvalue weighted by atomic mass is 16.5. The third kappa shape index (κ3) is 3.04. The van der Waals surface area contributed by atoms with Crippen LogP contribution >= 0.6 is 0 Å². The lowest BCUT2D eigenvalue weighted by atomic mass is 10.0. The van der Waals surface area contributed by atoms with E-state index in [1.807, 2.05) is 0 Å².